The normalized spacial score (nSPS) is 11.2. The van der Waals surface area contributed by atoms with Crippen molar-refractivity contribution in [3.05, 3.63) is 20.8 Å². The number of hydrogen-bond acceptors (Lipinski definition) is 7. The van der Waals surface area contributed by atoms with Crippen LogP contribution in [0.2, 0.25) is 0 Å². The maximum absolute atomic E-state index is 12.0. The molecule has 20 heavy (non-hydrogen) atoms. The zero-order chi connectivity index (χ0) is 14.9. The maximum Gasteiger partial charge on any atom is 0.336 e. The van der Waals surface area contributed by atoms with Gasteiger partial charge in [-0.2, -0.15) is 4.98 Å². The summed E-state index contributed by atoms with van der Waals surface area (Å²) in [6.07, 6.45) is 0. The Morgan fingerprint density at radius 3 is 2.50 bits per heavy atom. The molecule has 0 aliphatic carbocycles. The SMILES string of the molecule is CN(C)CCOc1nnc2c(n1)c(=O)n(C)c(=O)n2C. The van der Waals surface area contributed by atoms with Gasteiger partial charge in [-0.3, -0.25) is 13.9 Å². The molecule has 0 bridgehead atoms. The first-order valence-electron chi connectivity index (χ1n) is 5.99. The smallest absolute Gasteiger partial charge is 0.336 e. The maximum atomic E-state index is 12.0. The zero-order valence-electron chi connectivity index (χ0n) is 11.8. The van der Waals surface area contributed by atoms with Gasteiger partial charge in [-0.15, -0.1) is 5.10 Å². The van der Waals surface area contributed by atoms with Crippen LogP contribution in [0.15, 0.2) is 9.59 Å². The van der Waals surface area contributed by atoms with E-state index in [9.17, 15) is 9.59 Å². The van der Waals surface area contributed by atoms with E-state index in [1.54, 1.807) is 0 Å². The van der Waals surface area contributed by atoms with Gasteiger partial charge in [0.2, 0.25) is 0 Å². The van der Waals surface area contributed by atoms with Crippen LogP contribution in [0.4, 0.5) is 0 Å². The first kappa shape index (κ1) is 14.1. The van der Waals surface area contributed by atoms with Gasteiger partial charge in [0.1, 0.15) is 6.61 Å². The molecule has 0 saturated heterocycles. The molecule has 0 amide bonds. The Bertz CT molecular complexity index is 748. The first-order valence-corrected chi connectivity index (χ1v) is 5.99. The lowest BCUT2D eigenvalue weighted by Gasteiger charge is -2.10. The molecular weight excluding hydrogens is 264 g/mol. The summed E-state index contributed by atoms with van der Waals surface area (Å²) < 4.78 is 7.52. The Kier molecular flexibility index (Phi) is 3.79. The minimum absolute atomic E-state index is 0.0232. The Morgan fingerprint density at radius 2 is 1.85 bits per heavy atom. The fraction of sp³-hybridized carbons (Fsp3) is 0.545. The number of rotatable bonds is 4. The molecular formula is C11H16N6O3. The van der Waals surface area contributed by atoms with Crippen LogP contribution in [0, 0.1) is 0 Å². The fourth-order valence-electron chi connectivity index (χ4n) is 1.62. The molecule has 0 radical (unpaired) electrons. The van der Waals surface area contributed by atoms with Gasteiger partial charge in [0.15, 0.2) is 11.2 Å². The van der Waals surface area contributed by atoms with Crippen molar-refractivity contribution in [1.29, 1.82) is 0 Å². The van der Waals surface area contributed by atoms with Crippen LogP contribution in [0.3, 0.4) is 0 Å². The fourth-order valence-corrected chi connectivity index (χ4v) is 1.62. The third-order valence-corrected chi connectivity index (χ3v) is 2.82. The summed E-state index contributed by atoms with van der Waals surface area (Å²) in [6, 6.07) is 0.0232. The topological polar surface area (TPSA) is 95.1 Å². The molecule has 0 spiro atoms. The Balaban J connectivity index is 2.44. The first-order chi connectivity index (χ1) is 9.41. The van der Waals surface area contributed by atoms with E-state index in [-0.39, 0.29) is 17.2 Å². The molecule has 0 aliphatic heterocycles. The van der Waals surface area contributed by atoms with Gasteiger partial charge >= 0.3 is 11.7 Å². The van der Waals surface area contributed by atoms with Crippen LogP contribution < -0.4 is 16.0 Å². The molecule has 2 heterocycles. The molecule has 0 saturated carbocycles. The summed E-state index contributed by atoms with van der Waals surface area (Å²) in [5.74, 6) is 0. The number of likely N-dealkylation sites (N-methyl/N-ethyl adjacent to an activating group) is 1. The molecule has 0 aromatic carbocycles. The van der Waals surface area contributed by atoms with Gasteiger partial charge < -0.3 is 9.64 Å². The predicted octanol–water partition coefficient (Wildman–Crippen LogP) is -1.64. The number of aryl methyl sites for hydroxylation is 1. The minimum Gasteiger partial charge on any atom is -0.461 e. The third kappa shape index (κ3) is 2.52. The van der Waals surface area contributed by atoms with Crippen molar-refractivity contribution < 1.29 is 4.74 Å². The Labute approximate surface area is 114 Å². The number of nitrogens with zero attached hydrogens (tertiary/aromatic N) is 6. The molecule has 0 fully saturated rings. The molecule has 0 atom stereocenters. The highest BCUT2D eigenvalue weighted by molar-refractivity contribution is 5.67. The van der Waals surface area contributed by atoms with E-state index < -0.39 is 11.2 Å². The van der Waals surface area contributed by atoms with Crippen molar-refractivity contribution in [2.45, 2.75) is 0 Å². The molecule has 2 rings (SSSR count). The summed E-state index contributed by atoms with van der Waals surface area (Å²) in [4.78, 5) is 29.7. The number of ether oxygens (including phenoxy) is 1. The Morgan fingerprint density at radius 1 is 1.15 bits per heavy atom. The third-order valence-electron chi connectivity index (χ3n) is 2.82. The van der Waals surface area contributed by atoms with Gasteiger partial charge in [0.05, 0.1) is 0 Å². The lowest BCUT2D eigenvalue weighted by atomic mass is 10.5. The number of aromatic nitrogens is 5. The van der Waals surface area contributed by atoms with Gasteiger partial charge in [-0.1, -0.05) is 5.10 Å². The average Bonchev–Trinajstić information content (AvgIpc) is 2.42. The summed E-state index contributed by atoms with van der Waals surface area (Å²) in [7, 11) is 6.72. The predicted molar refractivity (Wildman–Crippen MR) is 71.9 cm³/mol. The van der Waals surface area contributed by atoms with Crippen molar-refractivity contribution in [3.63, 3.8) is 0 Å². The molecule has 2 aromatic rings. The quantitative estimate of drug-likeness (QED) is 0.663. The second-order valence-corrected chi connectivity index (χ2v) is 4.62. The van der Waals surface area contributed by atoms with E-state index in [0.29, 0.717) is 13.2 Å². The average molecular weight is 280 g/mol. The molecule has 0 unspecified atom stereocenters. The highest BCUT2D eigenvalue weighted by atomic mass is 16.5. The van der Waals surface area contributed by atoms with E-state index in [1.165, 1.54) is 18.7 Å². The van der Waals surface area contributed by atoms with Gasteiger partial charge in [-0.25, -0.2) is 4.79 Å². The number of hydrogen-bond donors (Lipinski definition) is 0. The second-order valence-electron chi connectivity index (χ2n) is 4.62. The van der Waals surface area contributed by atoms with Crippen molar-refractivity contribution in [2.75, 3.05) is 27.2 Å². The number of fused-ring (bicyclic) bond motifs is 1. The van der Waals surface area contributed by atoms with Crippen molar-refractivity contribution >= 4 is 11.2 Å². The highest BCUT2D eigenvalue weighted by Crippen LogP contribution is 2.04. The van der Waals surface area contributed by atoms with Gasteiger partial charge in [0, 0.05) is 20.6 Å². The van der Waals surface area contributed by atoms with E-state index >= 15 is 0 Å². The summed E-state index contributed by atoms with van der Waals surface area (Å²) in [5.41, 5.74) is -0.794. The van der Waals surface area contributed by atoms with E-state index in [2.05, 4.69) is 15.2 Å². The van der Waals surface area contributed by atoms with Crippen LogP contribution >= 0.6 is 0 Å². The van der Waals surface area contributed by atoms with Crippen molar-refractivity contribution in [1.82, 2.24) is 29.2 Å². The minimum atomic E-state index is -0.518. The van der Waals surface area contributed by atoms with Crippen molar-refractivity contribution in [3.8, 4) is 6.01 Å². The van der Waals surface area contributed by atoms with Gasteiger partial charge in [-0.05, 0) is 14.1 Å². The molecule has 0 aliphatic rings. The molecule has 2 aromatic heterocycles. The monoisotopic (exact) mass is 280 g/mol. The van der Waals surface area contributed by atoms with Crippen LogP contribution in [0.5, 0.6) is 6.01 Å². The van der Waals surface area contributed by atoms with E-state index in [1.807, 2.05) is 19.0 Å². The van der Waals surface area contributed by atoms with E-state index in [0.717, 1.165) is 4.57 Å². The summed E-state index contributed by atoms with van der Waals surface area (Å²) >= 11 is 0. The standard InChI is InChI=1S/C11H16N6O3/c1-15(2)5-6-20-10-12-7-8(13-14-10)16(3)11(19)17(4)9(7)18/h5-6H2,1-4H3. The summed E-state index contributed by atoms with van der Waals surface area (Å²) in [6.45, 7) is 1.07. The van der Waals surface area contributed by atoms with Crippen LogP contribution in [0.1, 0.15) is 0 Å². The van der Waals surface area contributed by atoms with Crippen molar-refractivity contribution in [2.24, 2.45) is 14.1 Å². The zero-order valence-corrected chi connectivity index (χ0v) is 11.8. The molecule has 0 N–H and O–H groups in total. The van der Waals surface area contributed by atoms with E-state index in [4.69, 9.17) is 4.74 Å². The summed E-state index contributed by atoms with van der Waals surface area (Å²) in [5, 5.41) is 7.61. The van der Waals surface area contributed by atoms with Crippen LogP contribution in [-0.2, 0) is 14.1 Å². The van der Waals surface area contributed by atoms with Crippen LogP contribution in [0.25, 0.3) is 11.2 Å². The largest absolute Gasteiger partial charge is 0.461 e. The molecule has 9 heteroatoms. The highest BCUT2D eigenvalue weighted by Gasteiger charge is 2.13. The van der Waals surface area contributed by atoms with Gasteiger partial charge in [0.25, 0.3) is 5.56 Å². The van der Waals surface area contributed by atoms with Crippen LogP contribution in [-0.4, -0.2) is 56.5 Å². The molecule has 9 nitrogen and oxygen atoms in total. The lowest BCUT2D eigenvalue weighted by molar-refractivity contribution is 0.244. The molecule has 108 valence electrons. The lowest BCUT2D eigenvalue weighted by Crippen LogP contribution is -2.38. The second kappa shape index (κ2) is 5.37. The Hall–Kier alpha value is -2.29.